The Morgan fingerprint density at radius 1 is 0.851 bits per heavy atom. The molecule has 0 aromatic heterocycles. The number of fused-ring (bicyclic) bond motifs is 3. The number of nitrogens with one attached hydrogen (secondary N) is 4. The lowest BCUT2D eigenvalue weighted by atomic mass is 9.72. The van der Waals surface area contributed by atoms with Gasteiger partial charge in [-0.1, -0.05) is 54.6 Å². The number of phenolic OH excluding ortho intramolecular Hbond substituents is 2. The Morgan fingerprint density at radius 3 is 2.24 bits per heavy atom. The van der Waals surface area contributed by atoms with Crippen molar-refractivity contribution in [2.75, 3.05) is 32.1 Å². The molecule has 1 saturated heterocycles. The fourth-order valence-electron chi connectivity index (χ4n) is 9.46. The molecule has 4 aromatic carbocycles. The molecular formula is C52H60N6O16. The quantitative estimate of drug-likeness (QED) is 0.0385. The first-order chi connectivity index (χ1) is 35.4. The number of carbonyl (C=O) groups is 7. The van der Waals surface area contributed by atoms with Crippen molar-refractivity contribution in [1.82, 2.24) is 16.0 Å². The van der Waals surface area contributed by atoms with Crippen molar-refractivity contribution in [3.8, 4) is 17.2 Å². The number of unbranched alkanes of at least 4 members (excludes halogenated alkanes) is 1. The van der Waals surface area contributed by atoms with Gasteiger partial charge in [-0.15, -0.1) is 0 Å². The van der Waals surface area contributed by atoms with Gasteiger partial charge < -0.3 is 77.2 Å². The minimum atomic E-state index is -2.40. The molecule has 8 atom stereocenters. The zero-order chi connectivity index (χ0) is 53.4. The van der Waals surface area contributed by atoms with Crippen LogP contribution in [0.1, 0.15) is 99.2 Å². The van der Waals surface area contributed by atoms with E-state index in [-0.39, 0.29) is 60.4 Å². The van der Waals surface area contributed by atoms with E-state index in [4.69, 9.17) is 30.4 Å². The van der Waals surface area contributed by atoms with E-state index in [0.717, 1.165) is 5.56 Å². The second-order valence-electron chi connectivity index (χ2n) is 18.4. The van der Waals surface area contributed by atoms with Crippen molar-refractivity contribution in [3.05, 3.63) is 117 Å². The monoisotopic (exact) mass is 1020 g/mol. The molecule has 7 rings (SSSR count). The maximum atomic E-state index is 14.0. The normalized spacial score (nSPS) is 21.7. The molecule has 394 valence electrons. The number of carbonyl (C=O) groups excluding carboxylic acids is 7. The predicted molar refractivity (Wildman–Crippen MR) is 262 cm³/mol. The first kappa shape index (κ1) is 54.5. The largest absolute Gasteiger partial charge is 0.507 e. The van der Waals surface area contributed by atoms with E-state index in [1.165, 1.54) is 32.2 Å². The lowest BCUT2D eigenvalue weighted by Gasteiger charge is -2.42. The second-order valence-corrected chi connectivity index (χ2v) is 18.4. The summed E-state index contributed by atoms with van der Waals surface area (Å²) in [6, 6.07) is 16.5. The molecule has 0 saturated carbocycles. The molecule has 0 radical (unpaired) electrons. The highest BCUT2D eigenvalue weighted by Gasteiger charge is 2.50. The van der Waals surface area contributed by atoms with Crippen LogP contribution in [0.15, 0.2) is 72.8 Å². The van der Waals surface area contributed by atoms with E-state index in [2.05, 4.69) is 21.3 Å². The van der Waals surface area contributed by atoms with Gasteiger partial charge in [-0.05, 0) is 62.1 Å². The maximum absolute atomic E-state index is 14.0. The average molecular weight is 1030 g/mol. The fraction of sp³-hybridized carbons (Fsp3) is 0.404. The van der Waals surface area contributed by atoms with Gasteiger partial charge in [0, 0.05) is 48.1 Å². The number of aliphatic hydroxyl groups excluding tert-OH is 2. The Morgan fingerprint density at radius 2 is 1.57 bits per heavy atom. The van der Waals surface area contributed by atoms with Crippen LogP contribution in [0.3, 0.4) is 0 Å². The second kappa shape index (κ2) is 23.7. The van der Waals surface area contributed by atoms with E-state index < -0.39 is 132 Å². The summed E-state index contributed by atoms with van der Waals surface area (Å²) in [5.74, 6) is -5.93. The van der Waals surface area contributed by atoms with Gasteiger partial charge in [0.2, 0.25) is 23.5 Å². The number of amides is 4. The van der Waals surface area contributed by atoms with Crippen LogP contribution in [-0.2, 0) is 52.8 Å². The Hall–Kier alpha value is -7.31. The van der Waals surface area contributed by atoms with Crippen molar-refractivity contribution in [2.45, 2.75) is 107 Å². The summed E-state index contributed by atoms with van der Waals surface area (Å²) in [5.41, 5.74) is 8.51. The zero-order valence-electron chi connectivity index (χ0n) is 40.6. The number of rotatable bonds is 20. The minimum Gasteiger partial charge on any atom is -0.507 e. The highest BCUT2D eigenvalue weighted by molar-refractivity contribution is 6.31. The van der Waals surface area contributed by atoms with Crippen LogP contribution >= 0.6 is 0 Å². The molecule has 22 heteroatoms. The third kappa shape index (κ3) is 11.9. The minimum absolute atomic E-state index is 0.0319. The lowest BCUT2D eigenvalue weighted by molar-refractivity contribution is -0.249. The number of aliphatic hydroxyl groups is 3. The molecule has 1 heterocycles. The molecule has 2 aliphatic carbocycles. The van der Waals surface area contributed by atoms with Crippen LogP contribution in [0.4, 0.5) is 10.5 Å². The van der Waals surface area contributed by atoms with Crippen LogP contribution in [0.5, 0.6) is 17.2 Å². The number of alkyl carbamates (subject to hydrolysis) is 1. The van der Waals surface area contributed by atoms with Gasteiger partial charge in [-0.2, -0.15) is 0 Å². The van der Waals surface area contributed by atoms with Crippen LogP contribution in [0.2, 0.25) is 0 Å². The van der Waals surface area contributed by atoms with E-state index in [1.54, 1.807) is 36.4 Å². The standard InChI is InChI=1S/C52H60N6O16/c1-26-44(62)33(20-39(73-26)74-36-22-52(70,37(60)24-59)21-31-41(36)48(66)43-42(46(31)64)45(63)30-11-8-13-35(71-2)40(30)47(43)65)58-51(69)72-25-28-14-16-29(17-15-28)55-49(67)32(12-6-7-18-53)57-50(68)34(56-38(61)23-54)19-27-9-4-3-5-10-27/h3-5,8-11,13-17,26,32-34,36,39,44,59,62,64,66,70H,6-7,12,18-25,53-54H2,1-2H3,(H,55,67)(H,56,61)(H,57,68)(H,58,69)/t26?,32-,33?,34-,36-,39?,44?,52-/m0/s1. The third-order valence-corrected chi connectivity index (χ3v) is 13.4. The molecule has 0 spiro atoms. The van der Waals surface area contributed by atoms with Gasteiger partial charge in [0.25, 0.3) is 0 Å². The number of anilines is 1. The number of Topliss-reactive ketones (excluding diaryl/α,β-unsaturated/α-hetero) is 1. The summed E-state index contributed by atoms with van der Waals surface area (Å²) in [4.78, 5) is 93.6. The molecule has 74 heavy (non-hydrogen) atoms. The summed E-state index contributed by atoms with van der Waals surface area (Å²) >= 11 is 0. The Kier molecular flexibility index (Phi) is 17.4. The van der Waals surface area contributed by atoms with Crippen molar-refractivity contribution in [1.29, 1.82) is 0 Å². The van der Waals surface area contributed by atoms with Crippen LogP contribution in [0, 0.1) is 0 Å². The smallest absolute Gasteiger partial charge is 0.407 e. The molecular weight excluding hydrogens is 965 g/mol. The highest BCUT2D eigenvalue weighted by Crippen LogP contribution is 2.52. The number of benzene rings is 4. The summed E-state index contributed by atoms with van der Waals surface area (Å²) in [6.45, 7) is 0.145. The van der Waals surface area contributed by atoms with Crippen molar-refractivity contribution in [2.24, 2.45) is 11.5 Å². The Balaban J connectivity index is 1.01. The zero-order valence-corrected chi connectivity index (χ0v) is 40.6. The number of aromatic hydroxyl groups is 2. The van der Waals surface area contributed by atoms with Crippen molar-refractivity contribution < 1.29 is 78.0 Å². The summed E-state index contributed by atoms with van der Waals surface area (Å²) in [7, 11) is 1.29. The number of phenols is 2. The van der Waals surface area contributed by atoms with Gasteiger partial charge in [0.15, 0.2) is 17.9 Å². The number of methoxy groups -OCH3 is 1. The molecule has 0 bridgehead atoms. The van der Waals surface area contributed by atoms with Crippen molar-refractivity contribution in [3.63, 3.8) is 0 Å². The number of hydrogen-bond donors (Lipinski definition) is 11. The Labute approximate surface area is 424 Å². The SMILES string of the molecule is COc1cccc2c1C(=O)c1c(O)c3c(c(O)c1C2=O)C[C@@](O)(C(=O)CO)C[C@@H]3OC1CC(NC(=O)OCc2ccc(NC(=O)[C@H](CCCCN)NC(=O)[C@H](Cc3ccccc3)NC(=O)CN)cc2)C(O)C(C)O1. The summed E-state index contributed by atoms with van der Waals surface area (Å²) in [6.07, 6.45) is -6.22. The number of hydrogen-bond acceptors (Lipinski definition) is 18. The first-order valence-corrected chi connectivity index (χ1v) is 24.0. The number of ketones is 3. The van der Waals surface area contributed by atoms with Gasteiger partial charge in [0.05, 0.1) is 48.6 Å². The summed E-state index contributed by atoms with van der Waals surface area (Å²) < 4.78 is 23.0. The third-order valence-electron chi connectivity index (χ3n) is 13.4. The topological polar surface area (TPSA) is 358 Å². The lowest BCUT2D eigenvalue weighted by Crippen LogP contribution is -2.56. The van der Waals surface area contributed by atoms with Gasteiger partial charge in [-0.25, -0.2) is 4.79 Å². The van der Waals surface area contributed by atoms with Gasteiger partial charge >= 0.3 is 6.09 Å². The van der Waals surface area contributed by atoms with E-state index >= 15 is 0 Å². The molecule has 22 nitrogen and oxygen atoms in total. The maximum Gasteiger partial charge on any atom is 0.407 e. The van der Waals surface area contributed by atoms with Gasteiger partial charge in [-0.3, -0.25) is 28.8 Å². The number of nitrogens with two attached hydrogens (primary N) is 2. The predicted octanol–water partition coefficient (Wildman–Crippen LogP) is 1.21. The molecule has 4 amide bonds. The van der Waals surface area contributed by atoms with E-state index in [0.29, 0.717) is 30.6 Å². The highest BCUT2D eigenvalue weighted by atomic mass is 16.7. The molecule has 4 unspecified atom stereocenters. The first-order valence-electron chi connectivity index (χ1n) is 24.0. The Bertz CT molecular complexity index is 2780. The molecule has 3 aliphatic rings. The molecule has 1 fully saturated rings. The van der Waals surface area contributed by atoms with Crippen molar-refractivity contribution >= 4 is 46.9 Å². The van der Waals surface area contributed by atoms with Gasteiger partial charge in [0.1, 0.15) is 54.3 Å². The van der Waals surface area contributed by atoms with Crippen LogP contribution in [-0.4, -0.2) is 136 Å². The average Bonchev–Trinajstić information content (AvgIpc) is 3.39. The molecule has 4 aromatic rings. The van der Waals surface area contributed by atoms with E-state index in [1.807, 2.05) is 18.2 Å². The fourth-order valence-corrected chi connectivity index (χ4v) is 9.46. The van der Waals surface area contributed by atoms with Crippen LogP contribution < -0.4 is 37.5 Å². The number of ether oxygens (including phenoxy) is 4. The summed E-state index contributed by atoms with van der Waals surface area (Å²) in [5, 5.41) is 66.9. The molecule has 13 N–H and O–H groups in total. The molecule has 1 aliphatic heterocycles. The van der Waals surface area contributed by atoms with E-state index in [9.17, 15) is 59.1 Å². The van der Waals surface area contributed by atoms with Crippen LogP contribution in [0.25, 0.3) is 0 Å².